The Morgan fingerprint density at radius 2 is 1.84 bits per heavy atom. The van der Waals surface area contributed by atoms with Crippen LogP contribution >= 0.6 is 0 Å². The van der Waals surface area contributed by atoms with Crippen LogP contribution in [0.4, 0.5) is 13.2 Å². The van der Waals surface area contributed by atoms with E-state index in [9.17, 15) is 31.6 Å². The highest BCUT2D eigenvalue weighted by atomic mass is 32.2. The second-order valence-electron chi connectivity index (χ2n) is 6.02. The highest BCUT2D eigenvalue weighted by Crippen LogP contribution is 2.39. The molecule has 2 N–H and O–H groups in total. The molecule has 25 heavy (non-hydrogen) atoms. The van der Waals surface area contributed by atoms with Gasteiger partial charge in [-0.15, -0.1) is 0 Å². The van der Waals surface area contributed by atoms with Gasteiger partial charge in [-0.3, -0.25) is 4.79 Å². The fourth-order valence-corrected chi connectivity index (χ4v) is 3.65. The molecule has 0 unspecified atom stereocenters. The highest BCUT2D eigenvalue weighted by Gasteiger charge is 2.44. The number of nitrogens with zero attached hydrogens (tertiary/aromatic N) is 1. The fourth-order valence-electron chi connectivity index (χ4n) is 2.26. The molecule has 0 saturated heterocycles. The van der Waals surface area contributed by atoms with Crippen molar-refractivity contribution in [3.63, 3.8) is 0 Å². The van der Waals surface area contributed by atoms with Gasteiger partial charge in [-0.25, -0.2) is 8.42 Å². The molecule has 10 heteroatoms. The number of hydrogen-bond acceptors (Lipinski definition) is 4. The normalized spacial score (nSPS) is 17.4. The number of halogens is 3. The minimum absolute atomic E-state index is 0.0558. The van der Waals surface area contributed by atoms with Crippen molar-refractivity contribution in [2.24, 2.45) is 5.92 Å². The van der Waals surface area contributed by atoms with Crippen molar-refractivity contribution >= 4 is 15.9 Å². The van der Waals surface area contributed by atoms with Gasteiger partial charge >= 0.3 is 6.18 Å². The lowest BCUT2D eigenvalue weighted by atomic mass is 10.0. The lowest BCUT2D eigenvalue weighted by Crippen LogP contribution is -2.46. The summed E-state index contributed by atoms with van der Waals surface area (Å²) in [7, 11) is -4.00. The molecule has 0 heterocycles. The smallest absolute Gasteiger partial charge is 0.343 e. The molecule has 0 aliphatic heterocycles. The molecule has 0 aromatic heterocycles. The Bertz CT molecular complexity index is 796. The van der Waals surface area contributed by atoms with Crippen molar-refractivity contribution in [2.45, 2.75) is 36.4 Å². The fraction of sp³-hybridized carbons (Fsp3) is 0.467. The third-order valence-corrected chi connectivity index (χ3v) is 5.43. The number of sulfonamides is 1. The van der Waals surface area contributed by atoms with Gasteiger partial charge in [0, 0.05) is 5.56 Å². The molecule has 0 spiro atoms. The molecule has 1 aliphatic rings. The molecule has 1 aromatic rings. The summed E-state index contributed by atoms with van der Waals surface area (Å²) in [6.45, 7) is 0.0243. The average Bonchev–Trinajstić information content (AvgIpc) is 3.37. The van der Waals surface area contributed by atoms with Gasteiger partial charge in [0.2, 0.25) is 10.0 Å². The summed E-state index contributed by atoms with van der Waals surface area (Å²) in [6, 6.07) is 6.40. The minimum Gasteiger partial charge on any atom is -0.343 e. The van der Waals surface area contributed by atoms with Gasteiger partial charge in [0.25, 0.3) is 5.91 Å². The third kappa shape index (κ3) is 4.93. The number of nitrogens with one attached hydrogen (secondary N) is 2. The van der Waals surface area contributed by atoms with E-state index < -0.39 is 34.2 Å². The van der Waals surface area contributed by atoms with E-state index in [2.05, 4.69) is 4.72 Å². The van der Waals surface area contributed by atoms with E-state index in [0.29, 0.717) is 0 Å². The molecular weight excluding hydrogens is 359 g/mol. The molecule has 136 valence electrons. The Labute approximate surface area is 143 Å². The van der Waals surface area contributed by atoms with Crippen LogP contribution in [0.15, 0.2) is 29.2 Å². The average molecular weight is 375 g/mol. The van der Waals surface area contributed by atoms with E-state index >= 15 is 0 Å². The SMILES string of the molecule is C[C@](C#N)(NS(=O)(=O)c1ccc(C(=O)NCC(F)(F)F)cc1)C1CC1. The van der Waals surface area contributed by atoms with Crippen LogP contribution in [0, 0.1) is 17.2 Å². The summed E-state index contributed by atoms with van der Waals surface area (Å²) >= 11 is 0. The largest absolute Gasteiger partial charge is 0.405 e. The third-order valence-electron chi connectivity index (χ3n) is 3.85. The molecule has 1 saturated carbocycles. The van der Waals surface area contributed by atoms with E-state index in [1.807, 2.05) is 6.07 Å². The van der Waals surface area contributed by atoms with Crippen LogP contribution in [0.5, 0.6) is 0 Å². The zero-order valence-electron chi connectivity index (χ0n) is 13.2. The van der Waals surface area contributed by atoms with Crippen LogP contribution in [0.1, 0.15) is 30.1 Å². The van der Waals surface area contributed by atoms with Crippen molar-refractivity contribution in [3.8, 4) is 6.07 Å². The molecule has 0 radical (unpaired) electrons. The Balaban J connectivity index is 2.11. The number of alkyl halides is 3. The molecule has 0 bridgehead atoms. The number of carbonyl (C=O) groups is 1. The van der Waals surface area contributed by atoms with Crippen molar-refractivity contribution in [1.82, 2.24) is 10.0 Å². The van der Waals surface area contributed by atoms with Gasteiger partial charge < -0.3 is 5.32 Å². The molecular formula is C15H16F3N3O3S. The number of amides is 1. The number of rotatable bonds is 6. The summed E-state index contributed by atoms with van der Waals surface area (Å²) < 4.78 is 63.3. The Morgan fingerprint density at radius 3 is 2.28 bits per heavy atom. The predicted octanol–water partition coefficient (Wildman–Crippen LogP) is 1.95. The maximum Gasteiger partial charge on any atom is 0.405 e. The second-order valence-corrected chi connectivity index (χ2v) is 7.70. The molecule has 2 rings (SSSR count). The van der Waals surface area contributed by atoms with E-state index in [-0.39, 0.29) is 16.4 Å². The van der Waals surface area contributed by atoms with Crippen molar-refractivity contribution in [2.75, 3.05) is 6.54 Å². The van der Waals surface area contributed by atoms with Gasteiger partial charge in [0.15, 0.2) is 0 Å². The number of benzene rings is 1. The van der Waals surface area contributed by atoms with Crippen LogP contribution in [0.25, 0.3) is 0 Å². The predicted molar refractivity (Wildman–Crippen MR) is 81.9 cm³/mol. The van der Waals surface area contributed by atoms with Crippen LogP contribution in [0.3, 0.4) is 0 Å². The maximum absolute atomic E-state index is 12.4. The first-order valence-corrected chi connectivity index (χ1v) is 8.85. The second kappa shape index (κ2) is 6.65. The van der Waals surface area contributed by atoms with Gasteiger partial charge in [0.1, 0.15) is 12.1 Å². The van der Waals surface area contributed by atoms with Crippen LogP contribution in [0.2, 0.25) is 0 Å². The monoisotopic (exact) mass is 375 g/mol. The van der Waals surface area contributed by atoms with Crippen LogP contribution in [-0.4, -0.2) is 32.6 Å². The highest BCUT2D eigenvalue weighted by molar-refractivity contribution is 7.89. The van der Waals surface area contributed by atoms with E-state index in [1.165, 1.54) is 6.92 Å². The van der Waals surface area contributed by atoms with Gasteiger partial charge in [-0.2, -0.15) is 23.2 Å². The standard InChI is InChI=1S/C15H16F3N3O3S/c1-14(8-19,11-4-5-11)21-25(23,24)12-6-2-10(3-7-12)13(22)20-9-15(16,17)18/h2-3,6-7,11,21H,4-5,9H2,1H3,(H,20,22)/t14-/m1/s1. The minimum atomic E-state index is -4.53. The lowest BCUT2D eigenvalue weighted by molar-refractivity contribution is -0.123. The molecule has 1 atom stereocenters. The molecule has 1 aliphatic carbocycles. The van der Waals surface area contributed by atoms with Gasteiger partial charge in [-0.05, 0) is 49.9 Å². The summed E-state index contributed by atoms with van der Waals surface area (Å²) in [5.74, 6) is -1.02. The number of carbonyl (C=O) groups excluding carboxylic acids is 1. The zero-order chi connectivity index (χ0) is 18.9. The number of nitriles is 1. The summed E-state index contributed by atoms with van der Waals surface area (Å²) in [4.78, 5) is 11.4. The first-order chi connectivity index (χ1) is 11.5. The summed E-state index contributed by atoms with van der Waals surface area (Å²) in [5, 5.41) is 10.9. The first kappa shape index (κ1) is 19.2. The lowest BCUT2D eigenvalue weighted by Gasteiger charge is -2.22. The quantitative estimate of drug-likeness (QED) is 0.794. The summed E-state index contributed by atoms with van der Waals surface area (Å²) in [5.41, 5.74) is -1.32. The van der Waals surface area contributed by atoms with Crippen LogP contribution < -0.4 is 10.0 Å². The van der Waals surface area contributed by atoms with Crippen LogP contribution in [-0.2, 0) is 10.0 Å². The van der Waals surface area contributed by atoms with Gasteiger partial charge in [0.05, 0.1) is 11.0 Å². The van der Waals surface area contributed by atoms with E-state index in [1.54, 1.807) is 5.32 Å². The molecule has 6 nitrogen and oxygen atoms in total. The molecule has 1 aromatic carbocycles. The molecule has 1 fully saturated rings. The molecule has 1 amide bonds. The first-order valence-electron chi connectivity index (χ1n) is 7.37. The van der Waals surface area contributed by atoms with Crippen molar-refractivity contribution in [1.29, 1.82) is 5.26 Å². The van der Waals surface area contributed by atoms with Gasteiger partial charge in [-0.1, -0.05) is 0 Å². The van der Waals surface area contributed by atoms with Crippen molar-refractivity contribution in [3.05, 3.63) is 29.8 Å². The van der Waals surface area contributed by atoms with E-state index in [4.69, 9.17) is 0 Å². The summed E-state index contributed by atoms with van der Waals surface area (Å²) in [6.07, 6.45) is -3.02. The Kier molecular flexibility index (Phi) is 5.11. The Morgan fingerprint density at radius 1 is 1.28 bits per heavy atom. The Hall–Kier alpha value is -2.12. The number of hydrogen-bond donors (Lipinski definition) is 2. The van der Waals surface area contributed by atoms with E-state index in [0.717, 1.165) is 37.1 Å². The zero-order valence-corrected chi connectivity index (χ0v) is 14.0. The topological polar surface area (TPSA) is 99.1 Å². The maximum atomic E-state index is 12.4. The van der Waals surface area contributed by atoms with Crippen molar-refractivity contribution < 1.29 is 26.4 Å².